The largest absolute Gasteiger partial charge is 0.369 e. The Morgan fingerprint density at radius 2 is 1.90 bits per heavy atom. The van der Waals surface area contributed by atoms with Crippen LogP contribution in [-0.2, 0) is 6.54 Å². The van der Waals surface area contributed by atoms with Gasteiger partial charge in [0.1, 0.15) is 5.82 Å². The standard InChI is InChI=1S/C16H28N4/c1-11(2)13-5-7-20(8-6-13)15-10-18-16(12(3)4)19-14(15)9-17/h10-13H,5-9,17H2,1-4H3. The smallest absolute Gasteiger partial charge is 0.131 e. The molecule has 0 atom stereocenters. The SMILES string of the molecule is CC(C)c1ncc(N2CCC(C(C)C)CC2)c(CN)n1. The van der Waals surface area contributed by atoms with Crippen LogP contribution in [0.3, 0.4) is 0 Å². The molecule has 1 aliphatic heterocycles. The van der Waals surface area contributed by atoms with Gasteiger partial charge in [-0.3, -0.25) is 0 Å². The van der Waals surface area contributed by atoms with Gasteiger partial charge in [0, 0.05) is 25.6 Å². The summed E-state index contributed by atoms with van der Waals surface area (Å²) >= 11 is 0. The first-order chi connectivity index (χ1) is 9.52. The van der Waals surface area contributed by atoms with Gasteiger partial charge in [-0.05, 0) is 24.7 Å². The van der Waals surface area contributed by atoms with Gasteiger partial charge in [0.2, 0.25) is 0 Å². The van der Waals surface area contributed by atoms with E-state index in [-0.39, 0.29) is 0 Å². The minimum absolute atomic E-state index is 0.348. The minimum atomic E-state index is 0.348. The van der Waals surface area contributed by atoms with E-state index in [1.807, 2.05) is 6.20 Å². The van der Waals surface area contributed by atoms with Crippen LogP contribution >= 0.6 is 0 Å². The number of nitrogens with two attached hydrogens (primary N) is 1. The van der Waals surface area contributed by atoms with E-state index in [9.17, 15) is 0 Å². The lowest BCUT2D eigenvalue weighted by molar-refractivity contribution is 0.311. The first-order valence-electron chi connectivity index (χ1n) is 7.83. The highest BCUT2D eigenvalue weighted by Gasteiger charge is 2.23. The maximum atomic E-state index is 5.88. The van der Waals surface area contributed by atoms with Crippen molar-refractivity contribution in [2.24, 2.45) is 17.6 Å². The lowest BCUT2D eigenvalue weighted by atomic mass is 9.86. The zero-order valence-corrected chi connectivity index (χ0v) is 13.3. The number of nitrogens with zero attached hydrogens (tertiary/aromatic N) is 3. The third kappa shape index (κ3) is 3.29. The molecule has 4 nitrogen and oxygen atoms in total. The highest BCUT2D eigenvalue weighted by Crippen LogP contribution is 2.29. The predicted molar refractivity (Wildman–Crippen MR) is 83.8 cm³/mol. The average Bonchev–Trinajstić information content (AvgIpc) is 2.46. The predicted octanol–water partition coefficient (Wildman–Crippen LogP) is 2.93. The van der Waals surface area contributed by atoms with Gasteiger partial charge < -0.3 is 10.6 Å². The van der Waals surface area contributed by atoms with Crippen LogP contribution in [-0.4, -0.2) is 23.1 Å². The topological polar surface area (TPSA) is 55.0 Å². The molecule has 0 unspecified atom stereocenters. The van der Waals surface area contributed by atoms with Crippen LogP contribution < -0.4 is 10.6 Å². The van der Waals surface area contributed by atoms with Crippen molar-refractivity contribution < 1.29 is 0 Å². The Labute approximate surface area is 122 Å². The van der Waals surface area contributed by atoms with Crippen LogP contribution in [0.5, 0.6) is 0 Å². The number of hydrogen-bond donors (Lipinski definition) is 1. The molecule has 0 bridgehead atoms. The molecule has 20 heavy (non-hydrogen) atoms. The van der Waals surface area contributed by atoms with Gasteiger partial charge >= 0.3 is 0 Å². The molecule has 0 aromatic carbocycles. The molecule has 1 fully saturated rings. The first-order valence-corrected chi connectivity index (χ1v) is 7.83. The molecule has 0 spiro atoms. The maximum absolute atomic E-state index is 5.88. The van der Waals surface area contributed by atoms with E-state index in [0.29, 0.717) is 12.5 Å². The summed E-state index contributed by atoms with van der Waals surface area (Å²) in [5.41, 5.74) is 8.02. The van der Waals surface area contributed by atoms with Crippen molar-refractivity contribution in [2.75, 3.05) is 18.0 Å². The summed E-state index contributed by atoms with van der Waals surface area (Å²) in [5.74, 6) is 2.88. The Morgan fingerprint density at radius 3 is 2.40 bits per heavy atom. The van der Waals surface area contributed by atoms with Gasteiger partial charge in [-0.2, -0.15) is 0 Å². The zero-order valence-electron chi connectivity index (χ0n) is 13.3. The van der Waals surface area contributed by atoms with E-state index < -0.39 is 0 Å². The fraction of sp³-hybridized carbons (Fsp3) is 0.750. The number of hydrogen-bond acceptors (Lipinski definition) is 4. The Morgan fingerprint density at radius 1 is 1.25 bits per heavy atom. The highest BCUT2D eigenvalue weighted by atomic mass is 15.2. The lowest BCUT2D eigenvalue weighted by Crippen LogP contribution is -2.36. The van der Waals surface area contributed by atoms with E-state index in [0.717, 1.165) is 42.1 Å². The zero-order chi connectivity index (χ0) is 14.7. The van der Waals surface area contributed by atoms with Crippen LogP contribution in [0.15, 0.2) is 6.20 Å². The van der Waals surface area contributed by atoms with E-state index in [2.05, 4.69) is 42.6 Å². The van der Waals surface area contributed by atoms with Crippen molar-refractivity contribution in [1.82, 2.24) is 9.97 Å². The van der Waals surface area contributed by atoms with Crippen molar-refractivity contribution in [3.63, 3.8) is 0 Å². The fourth-order valence-electron chi connectivity index (χ4n) is 2.93. The molecule has 0 radical (unpaired) electrons. The third-order valence-electron chi connectivity index (χ3n) is 4.40. The van der Waals surface area contributed by atoms with Gasteiger partial charge in [-0.25, -0.2) is 9.97 Å². The molecule has 0 saturated carbocycles. The molecule has 0 amide bonds. The summed E-state index contributed by atoms with van der Waals surface area (Å²) < 4.78 is 0. The second kappa shape index (κ2) is 6.53. The van der Waals surface area contributed by atoms with Gasteiger partial charge in [-0.15, -0.1) is 0 Å². The van der Waals surface area contributed by atoms with Gasteiger partial charge in [-0.1, -0.05) is 27.7 Å². The summed E-state index contributed by atoms with van der Waals surface area (Å²) in [4.78, 5) is 11.6. The van der Waals surface area contributed by atoms with Gasteiger partial charge in [0.05, 0.1) is 17.6 Å². The van der Waals surface area contributed by atoms with Crippen LogP contribution in [0.4, 0.5) is 5.69 Å². The molecule has 2 heterocycles. The van der Waals surface area contributed by atoms with Crippen molar-refractivity contribution in [3.05, 3.63) is 17.7 Å². The number of aromatic nitrogens is 2. The first kappa shape index (κ1) is 15.2. The molecule has 1 aromatic rings. The van der Waals surface area contributed by atoms with Crippen LogP contribution in [0.1, 0.15) is 58.0 Å². The van der Waals surface area contributed by atoms with E-state index >= 15 is 0 Å². The molecule has 1 aromatic heterocycles. The minimum Gasteiger partial charge on any atom is -0.369 e. The molecule has 1 saturated heterocycles. The van der Waals surface area contributed by atoms with Crippen LogP contribution in [0.25, 0.3) is 0 Å². The normalized spacial score (nSPS) is 17.2. The quantitative estimate of drug-likeness (QED) is 0.918. The Balaban J connectivity index is 2.13. The molecule has 1 aliphatic rings. The molecular weight excluding hydrogens is 248 g/mol. The molecular formula is C16H28N4. The van der Waals surface area contributed by atoms with Crippen LogP contribution in [0, 0.1) is 11.8 Å². The average molecular weight is 276 g/mol. The molecule has 2 rings (SSSR count). The monoisotopic (exact) mass is 276 g/mol. The molecule has 2 N–H and O–H groups in total. The van der Waals surface area contributed by atoms with Crippen LogP contribution in [0.2, 0.25) is 0 Å². The number of rotatable bonds is 4. The second-order valence-electron chi connectivity index (χ2n) is 6.49. The van der Waals surface area contributed by atoms with Crippen molar-refractivity contribution in [1.29, 1.82) is 0 Å². The van der Waals surface area contributed by atoms with Crippen molar-refractivity contribution >= 4 is 5.69 Å². The van der Waals surface area contributed by atoms with E-state index in [4.69, 9.17) is 5.73 Å². The van der Waals surface area contributed by atoms with E-state index in [1.54, 1.807) is 0 Å². The van der Waals surface area contributed by atoms with Crippen molar-refractivity contribution in [3.8, 4) is 0 Å². The summed E-state index contributed by atoms with van der Waals surface area (Å²) in [6.07, 6.45) is 4.49. The number of anilines is 1. The molecule has 0 aliphatic carbocycles. The van der Waals surface area contributed by atoms with E-state index in [1.165, 1.54) is 12.8 Å². The summed E-state index contributed by atoms with van der Waals surface area (Å²) in [5, 5.41) is 0. The maximum Gasteiger partial charge on any atom is 0.131 e. The molecule has 112 valence electrons. The Hall–Kier alpha value is -1.16. The summed E-state index contributed by atoms with van der Waals surface area (Å²) in [7, 11) is 0. The second-order valence-corrected chi connectivity index (χ2v) is 6.49. The fourth-order valence-corrected chi connectivity index (χ4v) is 2.93. The highest BCUT2D eigenvalue weighted by molar-refractivity contribution is 5.49. The number of piperidine rings is 1. The molecule has 4 heteroatoms. The van der Waals surface area contributed by atoms with Gasteiger partial charge in [0.15, 0.2) is 0 Å². The Kier molecular flexibility index (Phi) is 4.97. The van der Waals surface area contributed by atoms with Gasteiger partial charge in [0.25, 0.3) is 0 Å². The lowest BCUT2D eigenvalue weighted by Gasteiger charge is -2.35. The third-order valence-corrected chi connectivity index (χ3v) is 4.40. The Bertz CT molecular complexity index is 434. The van der Waals surface area contributed by atoms with Crippen molar-refractivity contribution in [2.45, 2.75) is 53.0 Å². The summed E-state index contributed by atoms with van der Waals surface area (Å²) in [6.45, 7) is 11.6. The summed E-state index contributed by atoms with van der Waals surface area (Å²) in [6, 6.07) is 0.